The number of aromatic amines is 1. The van der Waals surface area contributed by atoms with E-state index in [-0.39, 0.29) is 24.3 Å². The number of hydrogen-bond donors (Lipinski definition) is 1. The van der Waals surface area contributed by atoms with Gasteiger partial charge >= 0.3 is 5.97 Å². The fourth-order valence-corrected chi connectivity index (χ4v) is 3.59. The number of aromatic nitrogens is 4. The van der Waals surface area contributed by atoms with Crippen molar-refractivity contribution < 1.29 is 14.3 Å². The molecule has 2 aromatic rings. The summed E-state index contributed by atoms with van der Waals surface area (Å²) >= 11 is 0. The molecule has 0 aliphatic carbocycles. The lowest BCUT2D eigenvalue weighted by atomic mass is 9.99. The first-order valence-electron chi connectivity index (χ1n) is 9.50. The van der Waals surface area contributed by atoms with Crippen LogP contribution in [0.5, 0.6) is 0 Å². The molecule has 8 heteroatoms. The molecule has 27 heavy (non-hydrogen) atoms. The molecule has 0 bridgehead atoms. The minimum Gasteiger partial charge on any atom is -0.466 e. The van der Waals surface area contributed by atoms with Crippen molar-refractivity contribution in [1.29, 1.82) is 0 Å². The molecule has 0 spiro atoms. The Morgan fingerprint density at radius 3 is 2.81 bits per heavy atom. The molecule has 8 nitrogen and oxygen atoms in total. The van der Waals surface area contributed by atoms with Crippen LogP contribution < -0.4 is 0 Å². The van der Waals surface area contributed by atoms with E-state index < -0.39 is 0 Å². The van der Waals surface area contributed by atoms with Crippen LogP contribution in [0.25, 0.3) is 0 Å². The van der Waals surface area contributed by atoms with Crippen molar-refractivity contribution in [3.05, 3.63) is 34.9 Å². The van der Waals surface area contributed by atoms with Crippen molar-refractivity contribution in [2.24, 2.45) is 0 Å². The zero-order chi connectivity index (χ0) is 19.4. The third kappa shape index (κ3) is 4.56. The van der Waals surface area contributed by atoms with E-state index in [9.17, 15) is 9.59 Å². The number of esters is 1. The van der Waals surface area contributed by atoms with Gasteiger partial charge in [0.25, 0.3) is 5.91 Å². The summed E-state index contributed by atoms with van der Waals surface area (Å²) in [4.78, 5) is 26.6. The maximum Gasteiger partial charge on any atom is 0.307 e. The fourth-order valence-electron chi connectivity index (χ4n) is 3.59. The highest BCUT2D eigenvalue weighted by molar-refractivity contribution is 5.93. The van der Waals surface area contributed by atoms with Gasteiger partial charge < -0.3 is 9.64 Å². The number of nitrogens with zero attached hydrogens (tertiary/aromatic N) is 4. The molecule has 0 radical (unpaired) electrons. The highest BCUT2D eigenvalue weighted by Gasteiger charge is 2.30. The second kappa shape index (κ2) is 8.37. The Balaban J connectivity index is 1.69. The first kappa shape index (κ1) is 19.1. The molecule has 1 unspecified atom stereocenters. The van der Waals surface area contributed by atoms with Gasteiger partial charge in [-0.2, -0.15) is 10.2 Å². The fraction of sp³-hybridized carbons (Fsp3) is 0.579. The second-order valence-corrected chi connectivity index (χ2v) is 7.02. The number of carbonyl (C=O) groups excluding carboxylic acids is 2. The Morgan fingerprint density at radius 2 is 2.11 bits per heavy atom. The molecule has 0 saturated carbocycles. The largest absolute Gasteiger partial charge is 0.466 e. The minimum absolute atomic E-state index is 0.124. The lowest BCUT2D eigenvalue weighted by Gasteiger charge is -2.34. The molecule has 1 saturated heterocycles. The number of hydrogen-bond acceptors (Lipinski definition) is 5. The Labute approximate surface area is 158 Å². The third-order valence-electron chi connectivity index (χ3n) is 4.87. The molecule has 3 heterocycles. The smallest absolute Gasteiger partial charge is 0.307 e. The summed E-state index contributed by atoms with van der Waals surface area (Å²) in [5.41, 5.74) is 3.21. The van der Waals surface area contributed by atoms with Crippen LogP contribution in [-0.2, 0) is 16.1 Å². The van der Waals surface area contributed by atoms with Gasteiger partial charge in [0.05, 0.1) is 31.0 Å². The summed E-state index contributed by atoms with van der Waals surface area (Å²) in [5.74, 6) is -0.394. The Morgan fingerprint density at radius 1 is 1.30 bits per heavy atom. The summed E-state index contributed by atoms with van der Waals surface area (Å²) in [6, 6.07) is 3.66. The van der Waals surface area contributed by atoms with Crippen LogP contribution in [0.1, 0.15) is 60.2 Å². The van der Waals surface area contributed by atoms with E-state index in [4.69, 9.17) is 4.74 Å². The van der Waals surface area contributed by atoms with E-state index in [1.165, 1.54) is 0 Å². The number of amides is 1. The van der Waals surface area contributed by atoms with Crippen LogP contribution in [0.4, 0.5) is 0 Å². The number of H-pyrrole nitrogens is 1. The van der Waals surface area contributed by atoms with Crippen molar-refractivity contribution in [1.82, 2.24) is 24.9 Å². The number of likely N-dealkylation sites (tertiary alicyclic amines) is 1. The molecular weight excluding hydrogens is 346 g/mol. The molecule has 1 fully saturated rings. The number of ether oxygens (including phenoxy) is 1. The summed E-state index contributed by atoms with van der Waals surface area (Å²) in [5, 5.41) is 11.6. The third-order valence-corrected chi connectivity index (χ3v) is 4.87. The van der Waals surface area contributed by atoms with E-state index in [1.807, 2.05) is 24.6 Å². The van der Waals surface area contributed by atoms with Gasteiger partial charge in [-0.1, -0.05) is 0 Å². The number of nitrogens with one attached hydrogen (secondary N) is 1. The maximum absolute atomic E-state index is 13.0. The van der Waals surface area contributed by atoms with Crippen LogP contribution in [0.15, 0.2) is 12.1 Å². The normalized spacial score (nSPS) is 17.1. The first-order chi connectivity index (χ1) is 13.0. The van der Waals surface area contributed by atoms with Crippen LogP contribution >= 0.6 is 0 Å². The molecule has 1 atom stereocenters. The van der Waals surface area contributed by atoms with E-state index in [1.54, 1.807) is 17.9 Å². The van der Waals surface area contributed by atoms with Crippen LogP contribution in [0.3, 0.4) is 0 Å². The van der Waals surface area contributed by atoms with Gasteiger partial charge in [-0.25, -0.2) is 0 Å². The Hall–Kier alpha value is -2.64. The first-order valence-corrected chi connectivity index (χ1v) is 9.50. The summed E-state index contributed by atoms with van der Waals surface area (Å²) in [6.45, 7) is 7.26. The predicted molar refractivity (Wildman–Crippen MR) is 99.3 cm³/mol. The molecule has 1 amide bonds. The zero-order valence-electron chi connectivity index (χ0n) is 16.2. The lowest BCUT2D eigenvalue weighted by molar-refractivity contribution is -0.144. The molecule has 2 aromatic heterocycles. The summed E-state index contributed by atoms with van der Waals surface area (Å²) < 4.78 is 6.93. The molecule has 1 N–H and O–H groups in total. The van der Waals surface area contributed by atoms with Gasteiger partial charge in [-0.3, -0.25) is 19.4 Å². The van der Waals surface area contributed by atoms with Gasteiger partial charge in [0.2, 0.25) is 0 Å². The predicted octanol–water partition coefficient (Wildman–Crippen LogP) is 2.22. The highest BCUT2D eigenvalue weighted by Crippen LogP contribution is 2.22. The average molecular weight is 373 g/mol. The Kier molecular flexibility index (Phi) is 5.93. The average Bonchev–Trinajstić information content (AvgIpc) is 3.21. The van der Waals surface area contributed by atoms with E-state index >= 15 is 0 Å². The second-order valence-electron chi connectivity index (χ2n) is 7.02. The van der Waals surface area contributed by atoms with Crippen molar-refractivity contribution in [3.63, 3.8) is 0 Å². The van der Waals surface area contributed by atoms with Gasteiger partial charge in [0.1, 0.15) is 5.69 Å². The highest BCUT2D eigenvalue weighted by atomic mass is 16.5. The summed E-state index contributed by atoms with van der Waals surface area (Å²) in [6.07, 6.45) is 3.00. The maximum atomic E-state index is 13.0. The molecule has 3 rings (SSSR count). The minimum atomic E-state index is -0.255. The number of carbonyl (C=O) groups is 2. The van der Waals surface area contributed by atoms with E-state index in [0.717, 1.165) is 36.3 Å². The van der Waals surface area contributed by atoms with Crippen molar-refractivity contribution in [2.45, 2.75) is 59.0 Å². The number of aryl methyl sites for hydroxylation is 2. The van der Waals surface area contributed by atoms with Gasteiger partial charge in [0.15, 0.2) is 0 Å². The Bertz CT molecular complexity index is 810. The number of rotatable bonds is 6. The number of piperidine rings is 1. The standard InChI is InChI=1S/C19H27N5O3/c1-4-27-18(25)11-16-7-5-6-8-23(16)19(26)17-10-15(20-21-17)12-24-14(3)9-13(2)22-24/h9-10,16H,4-8,11-12H2,1-3H3,(H,20,21). The van der Waals surface area contributed by atoms with E-state index in [0.29, 0.717) is 25.4 Å². The quantitative estimate of drug-likeness (QED) is 0.784. The van der Waals surface area contributed by atoms with Crippen molar-refractivity contribution >= 4 is 11.9 Å². The van der Waals surface area contributed by atoms with Crippen LogP contribution in [-0.4, -0.2) is 55.9 Å². The lowest BCUT2D eigenvalue weighted by Crippen LogP contribution is -2.45. The van der Waals surface area contributed by atoms with E-state index in [2.05, 4.69) is 15.3 Å². The van der Waals surface area contributed by atoms with Crippen LogP contribution in [0, 0.1) is 13.8 Å². The molecule has 0 aromatic carbocycles. The monoisotopic (exact) mass is 373 g/mol. The molecule has 146 valence electrons. The topological polar surface area (TPSA) is 93.1 Å². The van der Waals surface area contributed by atoms with Gasteiger partial charge in [0, 0.05) is 18.3 Å². The molecular formula is C19H27N5O3. The van der Waals surface area contributed by atoms with Crippen molar-refractivity contribution in [3.8, 4) is 0 Å². The summed E-state index contributed by atoms with van der Waals surface area (Å²) in [7, 11) is 0. The zero-order valence-corrected chi connectivity index (χ0v) is 16.2. The SMILES string of the molecule is CCOC(=O)CC1CCCCN1C(=O)c1cc(Cn2nc(C)cc2C)[nH]n1. The molecule has 1 aliphatic rings. The van der Waals surface area contributed by atoms with Gasteiger partial charge in [-0.15, -0.1) is 0 Å². The van der Waals surface area contributed by atoms with Crippen molar-refractivity contribution in [2.75, 3.05) is 13.2 Å². The molecule has 1 aliphatic heterocycles. The van der Waals surface area contributed by atoms with Crippen LogP contribution in [0.2, 0.25) is 0 Å². The van der Waals surface area contributed by atoms with Gasteiger partial charge in [-0.05, 0) is 52.2 Å².